The number of rotatable bonds is 6. The average molecular weight is 189 g/mol. The van der Waals surface area contributed by atoms with Gasteiger partial charge in [-0.25, -0.2) is 0 Å². The maximum absolute atomic E-state index is 11.0. The van der Waals surface area contributed by atoms with Crippen molar-refractivity contribution in [2.24, 2.45) is 5.92 Å². The van der Waals surface area contributed by atoms with Crippen LogP contribution in [0.1, 0.15) is 26.2 Å². The summed E-state index contributed by atoms with van der Waals surface area (Å²) in [6.45, 7) is 4.04. The third-order valence-electron chi connectivity index (χ3n) is 2.49. The van der Waals surface area contributed by atoms with Crippen LogP contribution in [0.4, 0.5) is 0 Å². The van der Waals surface area contributed by atoms with Crippen LogP contribution in [0.15, 0.2) is 0 Å². The van der Waals surface area contributed by atoms with Crippen molar-refractivity contribution in [3.8, 4) is 0 Å². The van der Waals surface area contributed by atoms with E-state index in [4.69, 9.17) is 0 Å². The molecule has 0 amide bonds. The number of nitrogens with one attached hydrogen (secondary N) is 1. The summed E-state index contributed by atoms with van der Waals surface area (Å²) in [5, 5.41) is 3.36. The average Bonchev–Trinajstić information content (AvgIpc) is 2.00. The molecule has 0 aromatic rings. The largest absolute Gasteiger partial charge is 0.316 e. The highest BCUT2D eigenvalue weighted by molar-refractivity contribution is 7.84. The molecular weight excluding hydrogens is 170 g/mol. The summed E-state index contributed by atoms with van der Waals surface area (Å²) in [5.41, 5.74) is 0. The summed E-state index contributed by atoms with van der Waals surface area (Å²) in [5.74, 6) is 2.54. The van der Waals surface area contributed by atoms with Gasteiger partial charge in [0.1, 0.15) is 0 Å². The first-order chi connectivity index (χ1) is 5.83. The summed E-state index contributed by atoms with van der Waals surface area (Å²) < 4.78 is 11.0. The first kappa shape index (κ1) is 10.2. The molecule has 1 unspecified atom stereocenters. The maximum atomic E-state index is 11.0. The highest BCUT2D eigenvalue weighted by Gasteiger charge is 2.15. The SMILES string of the molecule is CCS(=O)CCNCC1CCC1. The standard InChI is InChI=1S/C9H19NOS/c1-2-12(11)7-6-10-8-9-4-3-5-9/h9-10H,2-8H2,1H3. The van der Waals surface area contributed by atoms with Crippen LogP contribution in [-0.2, 0) is 10.8 Å². The molecule has 0 radical (unpaired) electrons. The second-order valence-electron chi connectivity index (χ2n) is 3.43. The molecule has 0 spiro atoms. The third-order valence-corrected chi connectivity index (χ3v) is 3.79. The van der Waals surface area contributed by atoms with Crippen molar-refractivity contribution in [3.05, 3.63) is 0 Å². The van der Waals surface area contributed by atoms with E-state index in [0.717, 1.165) is 30.5 Å². The van der Waals surface area contributed by atoms with Gasteiger partial charge in [0.15, 0.2) is 0 Å². The first-order valence-electron chi connectivity index (χ1n) is 4.88. The fourth-order valence-corrected chi connectivity index (χ4v) is 1.99. The lowest BCUT2D eigenvalue weighted by Crippen LogP contribution is -2.30. The van der Waals surface area contributed by atoms with Gasteiger partial charge in [0.2, 0.25) is 0 Å². The molecule has 1 aliphatic rings. The Balaban J connectivity index is 1.85. The molecule has 1 rings (SSSR count). The molecule has 1 atom stereocenters. The Morgan fingerprint density at radius 1 is 1.50 bits per heavy atom. The van der Waals surface area contributed by atoms with E-state index in [1.165, 1.54) is 19.3 Å². The Hall–Kier alpha value is 0.110. The van der Waals surface area contributed by atoms with Crippen LogP contribution in [0.3, 0.4) is 0 Å². The van der Waals surface area contributed by atoms with Crippen LogP contribution in [0.5, 0.6) is 0 Å². The molecule has 0 saturated heterocycles. The van der Waals surface area contributed by atoms with E-state index in [1.54, 1.807) is 0 Å². The topological polar surface area (TPSA) is 29.1 Å². The smallest absolute Gasteiger partial charge is 0.0359 e. The van der Waals surface area contributed by atoms with Crippen LogP contribution >= 0.6 is 0 Å². The van der Waals surface area contributed by atoms with Gasteiger partial charge in [-0.15, -0.1) is 0 Å². The lowest BCUT2D eigenvalue weighted by Gasteiger charge is -2.25. The van der Waals surface area contributed by atoms with E-state index >= 15 is 0 Å². The van der Waals surface area contributed by atoms with Gasteiger partial charge in [-0.1, -0.05) is 13.3 Å². The first-order valence-corrected chi connectivity index (χ1v) is 6.37. The summed E-state index contributed by atoms with van der Waals surface area (Å²) >= 11 is 0. The predicted molar refractivity (Wildman–Crippen MR) is 53.8 cm³/mol. The van der Waals surface area contributed by atoms with E-state index in [9.17, 15) is 4.21 Å². The molecule has 1 N–H and O–H groups in total. The van der Waals surface area contributed by atoms with E-state index in [2.05, 4.69) is 5.32 Å². The van der Waals surface area contributed by atoms with Crippen LogP contribution in [0, 0.1) is 5.92 Å². The molecular formula is C9H19NOS. The molecule has 0 bridgehead atoms. The zero-order chi connectivity index (χ0) is 8.81. The van der Waals surface area contributed by atoms with Crippen molar-refractivity contribution in [1.29, 1.82) is 0 Å². The van der Waals surface area contributed by atoms with Crippen molar-refractivity contribution in [2.45, 2.75) is 26.2 Å². The third kappa shape index (κ3) is 3.68. The van der Waals surface area contributed by atoms with Gasteiger partial charge in [0, 0.05) is 28.9 Å². The van der Waals surface area contributed by atoms with Crippen LogP contribution in [0.2, 0.25) is 0 Å². The van der Waals surface area contributed by atoms with E-state index in [0.29, 0.717) is 0 Å². The Morgan fingerprint density at radius 2 is 2.25 bits per heavy atom. The number of hydrogen-bond acceptors (Lipinski definition) is 2. The van der Waals surface area contributed by atoms with Gasteiger partial charge in [0.05, 0.1) is 0 Å². The van der Waals surface area contributed by atoms with Crippen molar-refractivity contribution < 1.29 is 4.21 Å². The minimum Gasteiger partial charge on any atom is -0.316 e. The fourth-order valence-electron chi connectivity index (χ4n) is 1.33. The highest BCUT2D eigenvalue weighted by Crippen LogP contribution is 2.24. The molecule has 2 nitrogen and oxygen atoms in total. The van der Waals surface area contributed by atoms with Crippen molar-refractivity contribution in [2.75, 3.05) is 24.6 Å². The van der Waals surface area contributed by atoms with Gasteiger partial charge < -0.3 is 5.32 Å². The summed E-state index contributed by atoms with van der Waals surface area (Å²) in [6, 6.07) is 0. The van der Waals surface area contributed by atoms with E-state index < -0.39 is 10.8 Å². The van der Waals surface area contributed by atoms with Gasteiger partial charge in [-0.3, -0.25) is 4.21 Å². The summed E-state index contributed by atoms with van der Waals surface area (Å²) in [7, 11) is -0.588. The molecule has 0 aromatic carbocycles. The van der Waals surface area contributed by atoms with Crippen LogP contribution in [-0.4, -0.2) is 28.8 Å². The molecule has 1 fully saturated rings. The molecule has 0 heterocycles. The molecule has 1 aliphatic carbocycles. The summed E-state index contributed by atoms with van der Waals surface area (Å²) in [6.07, 6.45) is 4.20. The maximum Gasteiger partial charge on any atom is 0.0359 e. The van der Waals surface area contributed by atoms with E-state index in [1.807, 2.05) is 6.92 Å². The molecule has 1 saturated carbocycles. The van der Waals surface area contributed by atoms with Crippen molar-refractivity contribution in [3.63, 3.8) is 0 Å². The van der Waals surface area contributed by atoms with Gasteiger partial charge in [0.25, 0.3) is 0 Å². The normalized spacial score (nSPS) is 20.4. The predicted octanol–water partition coefficient (Wildman–Crippen LogP) is 1.14. The van der Waals surface area contributed by atoms with Gasteiger partial charge in [-0.2, -0.15) is 0 Å². The van der Waals surface area contributed by atoms with E-state index in [-0.39, 0.29) is 0 Å². The van der Waals surface area contributed by atoms with Crippen molar-refractivity contribution in [1.82, 2.24) is 5.32 Å². The molecule has 3 heteroatoms. The lowest BCUT2D eigenvalue weighted by molar-refractivity contribution is 0.304. The highest BCUT2D eigenvalue weighted by atomic mass is 32.2. The van der Waals surface area contributed by atoms with Crippen LogP contribution in [0.25, 0.3) is 0 Å². The van der Waals surface area contributed by atoms with Crippen molar-refractivity contribution >= 4 is 10.8 Å². The second kappa shape index (κ2) is 5.70. The number of hydrogen-bond donors (Lipinski definition) is 1. The Kier molecular flexibility index (Phi) is 4.84. The fraction of sp³-hybridized carbons (Fsp3) is 1.00. The van der Waals surface area contributed by atoms with Gasteiger partial charge in [-0.05, 0) is 25.3 Å². The second-order valence-corrected chi connectivity index (χ2v) is 5.30. The minimum absolute atomic E-state index is 0.588. The Morgan fingerprint density at radius 3 is 2.75 bits per heavy atom. The summed E-state index contributed by atoms with van der Waals surface area (Å²) in [4.78, 5) is 0. The van der Waals surface area contributed by atoms with Gasteiger partial charge >= 0.3 is 0 Å². The lowest BCUT2D eigenvalue weighted by atomic mass is 9.85. The molecule has 0 aliphatic heterocycles. The molecule has 12 heavy (non-hydrogen) atoms. The zero-order valence-corrected chi connectivity index (χ0v) is 8.66. The Labute approximate surface area is 77.6 Å². The Bertz CT molecular complexity index is 145. The minimum atomic E-state index is -0.588. The molecule has 72 valence electrons. The monoisotopic (exact) mass is 189 g/mol. The van der Waals surface area contributed by atoms with Crippen LogP contribution < -0.4 is 5.32 Å². The molecule has 0 aromatic heterocycles. The quantitative estimate of drug-likeness (QED) is 0.635. The zero-order valence-electron chi connectivity index (χ0n) is 7.84.